The van der Waals surface area contributed by atoms with Gasteiger partial charge in [-0.2, -0.15) is 0 Å². The number of nitrogens with zero attached hydrogens (tertiary/aromatic N) is 1. The predicted molar refractivity (Wildman–Crippen MR) is 68.9 cm³/mol. The average Bonchev–Trinajstić information content (AvgIpc) is 2.73. The molecule has 0 aromatic carbocycles. The van der Waals surface area contributed by atoms with E-state index in [1.54, 1.807) is 12.0 Å². The van der Waals surface area contributed by atoms with Gasteiger partial charge in [-0.15, -0.1) is 0 Å². The maximum absolute atomic E-state index is 12.0. The van der Waals surface area contributed by atoms with Crippen LogP contribution in [-0.2, 0) is 19.4 Å². The van der Waals surface area contributed by atoms with Crippen molar-refractivity contribution in [2.45, 2.75) is 18.9 Å². The van der Waals surface area contributed by atoms with Gasteiger partial charge in [0.1, 0.15) is 9.84 Å². The van der Waals surface area contributed by atoms with Gasteiger partial charge in [0.05, 0.1) is 18.4 Å². The number of likely N-dealkylation sites (tertiary alicyclic amines) is 1. The number of methoxy groups -OCH3 is 1. The second-order valence-electron chi connectivity index (χ2n) is 4.92. The zero-order valence-corrected chi connectivity index (χ0v) is 11.8. The topological polar surface area (TPSA) is 89.7 Å². The molecule has 2 N–H and O–H groups in total. The van der Waals surface area contributed by atoms with Gasteiger partial charge in [-0.3, -0.25) is 4.79 Å². The van der Waals surface area contributed by atoms with Crippen LogP contribution in [0, 0.1) is 5.92 Å². The molecule has 0 saturated carbocycles. The number of hydrogen-bond donors (Lipinski definition) is 1. The van der Waals surface area contributed by atoms with Gasteiger partial charge in [-0.25, -0.2) is 8.42 Å². The monoisotopic (exact) mass is 278 g/mol. The SMILES string of the molecule is COCC1CCN(C(=O)C(N)CCS(C)(=O)=O)C1. The van der Waals surface area contributed by atoms with Crippen LogP contribution in [0.3, 0.4) is 0 Å². The number of nitrogens with two attached hydrogens (primary N) is 1. The molecule has 106 valence electrons. The highest BCUT2D eigenvalue weighted by Crippen LogP contribution is 2.17. The number of sulfone groups is 1. The molecule has 7 heteroatoms. The van der Waals surface area contributed by atoms with E-state index in [4.69, 9.17) is 10.5 Å². The van der Waals surface area contributed by atoms with E-state index in [1.807, 2.05) is 0 Å². The summed E-state index contributed by atoms with van der Waals surface area (Å²) in [6.07, 6.45) is 2.25. The molecular formula is C11H22N2O4S. The van der Waals surface area contributed by atoms with E-state index in [-0.39, 0.29) is 18.1 Å². The smallest absolute Gasteiger partial charge is 0.239 e. The van der Waals surface area contributed by atoms with E-state index < -0.39 is 15.9 Å². The lowest BCUT2D eigenvalue weighted by Gasteiger charge is -2.20. The molecule has 0 aliphatic carbocycles. The van der Waals surface area contributed by atoms with Crippen molar-refractivity contribution in [3.8, 4) is 0 Å². The van der Waals surface area contributed by atoms with E-state index in [0.29, 0.717) is 25.6 Å². The Balaban J connectivity index is 2.40. The normalized spacial score (nSPS) is 22.2. The van der Waals surface area contributed by atoms with E-state index >= 15 is 0 Å². The molecule has 0 aromatic rings. The zero-order valence-electron chi connectivity index (χ0n) is 11.0. The Morgan fingerprint density at radius 3 is 2.78 bits per heavy atom. The third kappa shape index (κ3) is 4.91. The molecule has 2 atom stereocenters. The number of carbonyl (C=O) groups excluding carboxylic acids is 1. The van der Waals surface area contributed by atoms with Crippen LogP contribution in [0.5, 0.6) is 0 Å². The summed E-state index contributed by atoms with van der Waals surface area (Å²) in [7, 11) is -1.43. The first-order valence-corrected chi connectivity index (χ1v) is 8.10. The second kappa shape index (κ2) is 6.49. The van der Waals surface area contributed by atoms with Gasteiger partial charge >= 0.3 is 0 Å². The number of amides is 1. The van der Waals surface area contributed by atoms with Gasteiger partial charge in [0.2, 0.25) is 5.91 Å². The highest BCUT2D eigenvalue weighted by Gasteiger charge is 2.29. The number of carbonyl (C=O) groups is 1. The highest BCUT2D eigenvalue weighted by atomic mass is 32.2. The van der Waals surface area contributed by atoms with Crippen LogP contribution in [0.2, 0.25) is 0 Å². The average molecular weight is 278 g/mol. The van der Waals surface area contributed by atoms with E-state index in [2.05, 4.69) is 0 Å². The van der Waals surface area contributed by atoms with Crippen molar-refractivity contribution < 1.29 is 17.9 Å². The number of ether oxygens (including phenoxy) is 1. The number of hydrogen-bond acceptors (Lipinski definition) is 5. The third-order valence-electron chi connectivity index (χ3n) is 3.12. The fourth-order valence-corrected chi connectivity index (χ4v) is 2.79. The Morgan fingerprint density at radius 1 is 1.56 bits per heavy atom. The zero-order chi connectivity index (χ0) is 13.8. The van der Waals surface area contributed by atoms with Crippen molar-refractivity contribution in [1.82, 2.24) is 4.90 Å². The predicted octanol–water partition coefficient (Wildman–Crippen LogP) is -0.757. The summed E-state index contributed by atoms with van der Waals surface area (Å²) >= 11 is 0. The van der Waals surface area contributed by atoms with Crippen molar-refractivity contribution in [3.63, 3.8) is 0 Å². The molecule has 2 unspecified atom stereocenters. The minimum atomic E-state index is -3.07. The van der Waals surface area contributed by atoms with Crippen molar-refractivity contribution in [3.05, 3.63) is 0 Å². The van der Waals surface area contributed by atoms with Gasteiger partial charge in [0.15, 0.2) is 0 Å². The van der Waals surface area contributed by atoms with Gasteiger partial charge in [-0.05, 0) is 12.8 Å². The summed E-state index contributed by atoms with van der Waals surface area (Å²) in [5, 5.41) is 0. The summed E-state index contributed by atoms with van der Waals surface area (Å²) in [5.74, 6) is 0.160. The van der Waals surface area contributed by atoms with Crippen LogP contribution in [-0.4, -0.2) is 64.1 Å². The first-order chi connectivity index (χ1) is 8.33. The van der Waals surface area contributed by atoms with E-state index in [0.717, 1.165) is 12.7 Å². The molecule has 0 bridgehead atoms. The maximum atomic E-state index is 12.0. The molecule has 18 heavy (non-hydrogen) atoms. The Morgan fingerprint density at radius 2 is 2.22 bits per heavy atom. The molecule has 1 aliphatic heterocycles. The Hall–Kier alpha value is -0.660. The quantitative estimate of drug-likeness (QED) is 0.690. The fraction of sp³-hybridized carbons (Fsp3) is 0.909. The molecule has 0 aromatic heterocycles. The van der Waals surface area contributed by atoms with Crippen LogP contribution < -0.4 is 5.73 Å². The third-order valence-corrected chi connectivity index (χ3v) is 4.09. The summed E-state index contributed by atoms with van der Waals surface area (Å²) in [6.45, 7) is 1.97. The molecular weight excluding hydrogens is 256 g/mol. The lowest BCUT2D eigenvalue weighted by Crippen LogP contribution is -2.43. The Labute approximate surface area is 108 Å². The molecule has 1 heterocycles. The Bertz CT molecular complexity index is 383. The first-order valence-electron chi connectivity index (χ1n) is 6.04. The van der Waals surface area contributed by atoms with Crippen LogP contribution in [0.4, 0.5) is 0 Å². The van der Waals surface area contributed by atoms with Crippen LogP contribution >= 0.6 is 0 Å². The van der Waals surface area contributed by atoms with Crippen molar-refractivity contribution in [2.24, 2.45) is 11.7 Å². The van der Waals surface area contributed by atoms with Crippen molar-refractivity contribution in [2.75, 3.05) is 38.8 Å². The van der Waals surface area contributed by atoms with Crippen molar-refractivity contribution >= 4 is 15.7 Å². The van der Waals surface area contributed by atoms with Crippen molar-refractivity contribution in [1.29, 1.82) is 0 Å². The van der Waals surface area contributed by atoms with Gasteiger partial charge < -0.3 is 15.4 Å². The standard InChI is InChI=1S/C11H22N2O4S/c1-17-8-9-3-5-13(7-9)11(14)10(12)4-6-18(2,15)16/h9-10H,3-8,12H2,1-2H3. The fourth-order valence-electron chi connectivity index (χ4n) is 2.10. The molecule has 1 saturated heterocycles. The first kappa shape index (κ1) is 15.4. The maximum Gasteiger partial charge on any atom is 0.239 e. The number of rotatable bonds is 6. The van der Waals surface area contributed by atoms with Gasteiger partial charge in [0, 0.05) is 32.4 Å². The van der Waals surface area contributed by atoms with E-state index in [9.17, 15) is 13.2 Å². The second-order valence-corrected chi connectivity index (χ2v) is 7.18. The van der Waals surface area contributed by atoms with E-state index in [1.165, 1.54) is 0 Å². The minimum absolute atomic E-state index is 0.0464. The summed E-state index contributed by atoms with van der Waals surface area (Å²) in [4.78, 5) is 13.7. The Kier molecular flexibility index (Phi) is 5.55. The van der Waals surface area contributed by atoms with Gasteiger partial charge in [0.25, 0.3) is 0 Å². The highest BCUT2D eigenvalue weighted by molar-refractivity contribution is 7.90. The largest absolute Gasteiger partial charge is 0.384 e. The molecule has 0 radical (unpaired) electrons. The minimum Gasteiger partial charge on any atom is -0.384 e. The summed E-state index contributed by atoms with van der Waals surface area (Å²) < 4.78 is 27.1. The molecule has 1 fully saturated rings. The summed E-state index contributed by atoms with van der Waals surface area (Å²) in [6, 6.07) is -0.721. The van der Waals surface area contributed by atoms with Crippen LogP contribution in [0.25, 0.3) is 0 Å². The van der Waals surface area contributed by atoms with Crippen LogP contribution in [0.15, 0.2) is 0 Å². The molecule has 1 rings (SSSR count). The summed E-state index contributed by atoms with van der Waals surface area (Å²) in [5.41, 5.74) is 5.74. The molecule has 0 spiro atoms. The van der Waals surface area contributed by atoms with Crippen LogP contribution in [0.1, 0.15) is 12.8 Å². The lowest BCUT2D eigenvalue weighted by atomic mass is 10.1. The molecule has 6 nitrogen and oxygen atoms in total. The lowest BCUT2D eigenvalue weighted by molar-refractivity contribution is -0.131. The molecule has 1 amide bonds. The molecule has 1 aliphatic rings. The van der Waals surface area contributed by atoms with Gasteiger partial charge in [-0.1, -0.05) is 0 Å².